The lowest BCUT2D eigenvalue weighted by Crippen LogP contribution is -1.99. The van der Waals surface area contributed by atoms with Gasteiger partial charge in [-0.25, -0.2) is 0 Å². The Morgan fingerprint density at radius 2 is 1.50 bits per heavy atom. The summed E-state index contributed by atoms with van der Waals surface area (Å²) in [5.41, 5.74) is 14.6. The molecule has 0 atom stereocenters. The first-order chi connectivity index (χ1) is 8.69. The molecule has 2 aromatic carbocycles. The number of hydrogen-bond acceptors (Lipinski definition) is 4. The lowest BCUT2D eigenvalue weighted by atomic mass is 10.0. The monoisotopic (exact) mass is 244 g/mol. The Hall–Kier alpha value is -2.36. The van der Waals surface area contributed by atoms with E-state index in [1.54, 1.807) is 20.3 Å². The molecule has 4 nitrogen and oxygen atoms in total. The number of ether oxygens (including phenoxy) is 2. The highest BCUT2D eigenvalue weighted by atomic mass is 16.5. The Kier molecular flexibility index (Phi) is 3.28. The van der Waals surface area contributed by atoms with Crippen LogP contribution in [0, 0.1) is 0 Å². The molecule has 0 saturated carbocycles. The molecule has 0 saturated heterocycles. The van der Waals surface area contributed by atoms with Crippen LogP contribution in [0.2, 0.25) is 0 Å². The van der Waals surface area contributed by atoms with Crippen LogP contribution in [-0.2, 0) is 0 Å². The van der Waals surface area contributed by atoms with E-state index in [0.717, 1.165) is 11.1 Å². The molecule has 0 aromatic heterocycles. The summed E-state index contributed by atoms with van der Waals surface area (Å²) in [5, 5.41) is 0. The Morgan fingerprint density at radius 3 is 2.17 bits per heavy atom. The quantitative estimate of drug-likeness (QED) is 0.814. The van der Waals surface area contributed by atoms with Gasteiger partial charge >= 0.3 is 0 Å². The second-order valence-electron chi connectivity index (χ2n) is 3.85. The van der Waals surface area contributed by atoms with Crippen LogP contribution in [0.1, 0.15) is 0 Å². The standard InChI is InChI=1S/C14H16N2O2/c1-17-12-8-4-6-10(14(12)18-2)9-5-3-7-11(15)13(9)16/h3-8H,15-16H2,1-2H3. The van der Waals surface area contributed by atoms with Crippen LogP contribution in [0.15, 0.2) is 36.4 Å². The lowest BCUT2D eigenvalue weighted by Gasteiger charge is -2.14. The molecule has 0 heterocycles. The number of benzene rings is 2. The van der Waals surface area contributed by atoms with E-state index in [1.807, 2.05) is 30.3 Å². The van der Waals surface area contributed by atoms with E-state index in [2.05, 4.69) is 0 Å². The van der Waals surface area contributed by atoms with Crippen LogP contribution in [0.5, 0.6) is 11.5 Å². The Bertz CT molecular complexity index is 568. The van der Waals surface area contributed by atoms with Gasteiger partial charge in [-0.1, -0.05) is 24.3 Å². The van der Waals surface area contributed by atoms with E-state index in [-0.39, 0.29) is 0 Å². The maximum absolute atomic E-state index is 6.01. The van der Waals surface area contributed by atoms with Crippen LogP contribution in [0.4, 0.5) is 11.4 Å². The molecule has 18 heavy (non-hydrogen) atoms. The molecule has 4 N–H and O–H groups in total. The van der Waals surface area contributed by atoms with Gasteiger partial charge in [0.2, 0.25) is 0 Å². The first-order valence-electron chi connectivity index (χ1n) is 5.54. The van der Waals surface area contributed by atoms with Crippen LogP contribution in [-0.4, -0.2) is 14.2 Å². The van der Waals surface area contributed by atoms with Crippen molar-refractivity contribution in [3.05, 3.63) is 36.4 Å². The summed E-state index contributed by atoms with van der Waals surface area (Å²) in [4.78, 5) is 0. The van der Waals surface area contributed by atoms with E-state index < -0.39 is 0 Å². The average Bonchev–Trinajstić information content (AvgIpc) is 2.41. The molecule has 0 spiro atoms. The molecule has 0 radical (unpaired) electrons. The number of nitrogens with two attached hydrogens (primary N) is 2. The smallest absolute Gasteiger partial charge is 0.168 e. The summed E-state index contributed by atoms with van der Waals surface area (Å²) < 4.78 is 10.7. The van der Waals surface area contributed by atoms with Gasteiger partial charge in [-0.15, -0.1) is 0 Å². The largest absolute Gasteiger partial charge is 0.493 e. The highest BCUT2D eigenvalue weighted by molar-refractivity contribution is 5.87. The van der Waals surface area contributed by atoms with Crippen LogP contribution in [0.25, 0.3) is 11.1 Å². The zero-order valence-electron chi connectivity index (χ0n) is 10.4. The van der Waals surface area contributed by atoms with Crippen molar-refractivity contribution in [3.63, 3.8) is 0 Å². The average molecular weight is 244 g/mol. The molecule has 2 rings (SSSR count). The molecule has 0 amide bonds. The zero-order chi connectivity index (χ0) is 13.1. The second kappa shape index (κ2) is 4.87. The number of nitrogen functional groups attached to an aromatic ring is 2. The summed E-state index contributed by atoms with van der Waals surface area (Å²) in [6.45, 7) is 0. The van der Waals surface area contributed by atoms with Crippen molar-refractivity contribution in [2.75, 3.05) is 25.7 Å². The van der Waals surface area contributed by atoms with Crippen LogP contribution in [0.3, 0.4) is 0 Å². The molecule has 4 heteroatoms. The summed E-state index contributed by atoms with van der Waals surface area (Å²) >= 11 is 0. The number of rotatable bonds is 3. The van der Waals surface area contributed by atoms with Gasteiger partial charge in [0.05, 0.1) is 25.6 Å². The predicted molar refractivity (Wildman–Crippen MR) is 73.8 cm³/mol. The maximum Gasteiger partial charge on any atom is 0.168 e. The normalized spacial score (nSPS) is 10.1. The number of para-hydroxylation sites is 2. The SMILES string of the molecule is COc1cccc(-c2cccc(N)c2N)c1OC. The highest BCUT2D eigenvalue weighted by Crippen LogP contribution is 2.41. The third kappa shape index (κ3) is 1.93. The van der Waals surface area contributed by atoms with Crippen molar-refractivity contribution >= 4 is 11.4 Å². The maximum atomic E-state index is 6.01. The van der Waals surface area contributed by atoms with Gasteiger partial charge in [0.25, 0.3) is 0 Å². The Balaban J connectivity index is 2.67. The predicted octanol–water partition coefficient (Wildman–Crippen LogP) is 2.54. The van der Waals surface area contributed by atoms with Crippen LogP contribution < -0.4 is 20.9 Å². The van der Waals surface area contributed by atoms with E-state index in [1.165, 1.54) is 0 Å². The van der Waals surface area contributed by atoms with Crippen molar-refractivity contribution in [1.29, 1.82) is 0 Å². The summed E-state index contributed by atoms with van der Waals surface area (Å²) in [5.74, 6) is 1.31. The van der Waals surface area contributed by atoms with Gasteiger partial charge in [-0.3, -0.25) is 0 Å². The first-order valence-corrected chi connectivity index (χ1v) is 5.54. The molecule has 94 valence electrons. The lowest BCUT2D eigenvalue weighted by molar-refractivity contribution is 0.356. The molecular weight excluding hydrogens is 228 g/mol. The number of anilines is 2. The molecule has 0 aliphatic carbocycles. The molecule has 0 bridgehead atoms. The van der Waals surface area contributed by atoms with E-state index >= 15 is 0 Å². The van der Waals surface area contributed by atoms with Crippen LogP contribution >= 0.6 is 0 Å². The van der Waals surface area contributed by atoms with Crippen molar-refractivity contribution in [1.82, 2.24) is 0 Å². The molecule has 2 aromatic rings. The molecule has 0 unspecified atom stereocenters. The minimum absolute atomic E-state index is 0.545. The van der Waals surface area contributed by atoms with Gasteiger partial charge in [0.15, 0.2) is 11.5 Å². The minimum atomic E-state index is 0.545. The first kappa shape index (κ1) is 12.1. The summed E-state index contributed by atoms with van der Waals surface area (Å²) in [7, 11) is 3.20. The van der Waals surface area contributed by atoms with Crippen molar-refractivity contribution in [2.45, 2.75) is 0 Å². The Labute approximate surface area is 106 Å². The fourth-order valence-electron chi connectivity index (χ4n) is 1.92. The van der Waals surface area contributed by atoms with E-state index in [0.29, 0.717) is 22.9 Å². The third-order valence-electron chi connectivity index (χ3n) is 2.83. The molecule has 0 fully saturated rings. The zero-order valence-corrected chi connectivity index (χ0v) is 10.4. The molecule has 0 aliphatic rings. The summed E-state index contributed by atoms with van der Waals surface area (Å²) in [6, 6.07) is 11.2. The fourth-order valence-corrected chi connectivity index (χ4v) is 1.92. The highest BCUT2D eigenvalue weighted by Gasteiger charge is 2.14. The van der Waals surface area contributed by atoms with Gasteiger partial charge in [0.1, 0.15) is 0 Å². The van der Waals surface area contributed by atoms with Gasteiger partial charge < -0.3 is 20.9 Å². The number of methoxy groups -OCH3 is 2. The van der Waals surface area contributed by atoms with Crippen molar-refractivity contribution < 1.29 is 9.47 Å². The van der Waals surface area contributed by atoms with Gasteiger partial charge in [0, 0.05) is 11.1 Å². The van der Waals surface area contributed by atoms with E-state index in [4.69, 9.17) is 20.9 Å². The summed E-state index contributed by atoms with van der Waals surface area (Å²) in [6.07, 6.45) is 0. The third-order valence-corrected chi connectivity index (χ3v) is 2.83. The fraction of sp³-hybridized carbons (Fsp3) is 0.143. The van der Waals surface area contributed by atoms with Crippen molar-refractivity contribution in [3.8, 4) is 22.6 Å². The second-order valence-corrected chi connectivity index (χ2v) is 3.85. The minimum Gasteiger partial charge on any atom is -0.493 e. The number of hydrogen-bond donors (Lipinski definition) is 2. The van der Waals surface area contributed by atoms with Gasteiger partial charge in [-0.2, -0.15) is 0 Å². The Morgan fingerprint density at radius 1 is 0.833 bits per heavy atom. The van der Waals surface area contributed by atoms with Gasteiger partial charge in [-0.05, 0) is 12.1 Å². The molecule has 0 aliphatic heterocycles. The van der Waals surface area contributed by atoms with E-state index in [9.17, 15) is 0 Å². The topological polar surface area (TPSA) is 70.5 Å². The molecular formula is C14H16N2O2. The van der Waals surface area contributed by atoms with Crippen molar-refractivity contribution in [2.24, 2.45) is 0 Å².